The molecule has 0 aromatic carbocycles. The summed E-state index contributed by atoms with van der Waals surface area (Å²) in [7, 11) is 0. The lowest BCUT2D eigenvalue weighted by Crippen LogP contribution is -2.47. The molecule has 0 fully saturated rings. The zero-order valence-corrected chi connectivity index (χ0v) is 17.8. The van der Waals surface area contributed by atoms with Gasteiger partial charge in [-0.15, -0.1) is 0 Å². The Bertz CT molecular complexity index is 508. The zero-order chi connectivity index (χ0) is 20.9. The molecule has 7 nitrogen and oxygen atoms in total. The third-order valence-corrected chi connectivity index (χ3v) is 2.78. The molecule has 0 aliphatic carbocycles. The van der Waals surface area contributed by atoms with E-state index in [0.29, 0.717) is 0 Å². The Labute approximate surface area is 157 Å². The lowest BCUT2D eigenvalue weighted by Gasteiger charge is -2.28. The molecule has 0 heterocycles. The number of rotatable bonds is 5. The van der Waals surface area contributed by atoms with Gasteiger partial charge < -0.3 is 19.5 Å². The van der Waals surface area contributed by atoms with Gasteiger partial charge in [-0.05, 0) is 68.7 Å². The molecule has 0 aliphatic heterocycles. The van der Waals surface area contributed by atoms with Crippen LogP contribution in [0.3, 0.4) is 0 Å². The van der Waals surface area contributed by atoms with Gasteiger partial charge in [0.15, 0.2) is 0 Å². The maximum absolute atomic E-state index is 12.5. The first kappa shape index (κ1) is 24.2. The highest BCUT2D eigenvalue weighted by atomic mass is 16.6. The van der Waals surface area contributed by atoms with Gasteiger partial charge in [0.05, 0.1) is 5.92 Å². The predicted octanol–water partition coefficient (Wildman–Crippen LogP) is 3.59. The minimum atomic E-state index is -1.02. The SMILES string of the molecule is C[C@@H](C[C@H](NC(=O)OC(C)(C)C)C(=O)OC(C)(C)C)C(=O)OC(C)(C)C. The summed E-state index contributed by atoms with van der Waals surface area (Å²) in [6.07, 6.45) is -0.701. The molecule has 0 aliphatic rings. The maximum atomic E-state index is 12.5. The molecule has 1 amide bonds. The van der Waals surface area contributed by atoms with Crippen LogP contribution in [0.25, 0.3) is 0 Å². The van der Waals surface area contributed by atoms with E-state index in [1.807, 2.05) is 0 Å². The van der Waals surface area contributed by atoms with Crippen molar-refractivity contribution < 1.29 is 28.6 Å². The molecular formula is C19H35NO6. The van der Waals surface area contributed by atoms with Gasteiger partial charge in [0.1, 0.15) is 22.8 Å². The van der Waals surface area contributed by atoms with Crippen molar-refractivity contribution in [2.24, 2.45) is 5.92 Å². The van der Waals surface area contributed by atoms with Gasteiger partial charge in [0.2, 0.25) is 0 Å². The minimum absolute atomic E-state index is 0.0447. The van der Waals surface area contributed by atoms with E-state index in [9.17, 15) is 14.4 Å². The standard InChI is InChI=1S/C19H35NO6/c1-12(14(21)24-17(2,3)4)11-13(15(22)25-18(5,6)7)20-16(23)26-19(8,9)10/h12-13H,11H2,1-10H3,(H,20,23)/t12-,13-/m0/s1. The van der Waals surface area contributed by atoms with Crippen molar-refractivity contribution >= 4 is 18.0 Å². The van der Waals surface area contributed by atoms with Crippen LogP contribution in [0.15, 0.2) is 0 Å². The molecule has 0 rings (SSSR count). The van der Waals surface area contributed by atoms with Gasteiger partial charge >= 0.3 is 18.0 Å². The molecule has 152 valence electrons. The first-order valence-corrected chi connectivity index (χ1v) is 8.85. The molecule has 7 heteroatoms. The van der Waals surface area contributed by atoms with Gasteiger partial charge in [0, 0.05) is 0 Å². The van der Waals surface area contributed by atoms with Crippen LogP contribution in [0.5, 0.6) is 0 Å². The normalized spacial score (nSPS) is 14.8. The first-order valence-electron chi connectivity index (χ1n) is 8.85. The fraction of sp³-hybridized carbons (Fsp3) is 0.842. The second kappa shape index (κ2) is 8.73. The number of carbonyl (C=O) groups is 3. The fourth-order valence-corrected chi connectivity index (χ4v) is 1.89. The summed E-state index contributed by atoms with van der Waals surface area (Å²) in [5.41, 5.74) is -2.06. The van der Waals surface area contributed by atoms with Crippen LogP contribution in [-0.2, 0) is 23.8 Å². The largest absolute Gasteiger partial charge is 0.460 e. The highest BCUT2D eigenvalue weighted by Crippen LogP contribution is 2.18. The lowest BCUT2D eigenvalue weighted by atomic mass is 10.0. The number of alkyl carbamates (subject to hydrolysis) is 1. The van der Waals surface area contributed by atoms with Crippen LogP contribution in [-0.4, -0.2) is 40.9 Å². The lowest BCUT2D eigenvalue weighted by molar-refractivity contribution is -0.162. The number of hydrogen-bond donors (Lipinski definition) is 1. The molecule has 0 bridgehead atoms. The quantitative estimate of drug-likeness (QED) is 0.585. The van der Waals surface area contributed by atoms with E-state index in [2.05, 4.69) is 5.32 Å². The van der Waals surface area contributed by atoms with E-state index in [1.54, 1.807) is 69.2 Å². The van der Waals surface area contributed by atoms with Gasteiger partial charge in [-0.3, -0.25) is 4.79 Å². The number of hydrogen-bond acceptors (Lipinski definition) is 6. The number of nitrogens with one attached hydrogen (secondary N) is 1. The summed E-state index contributed by atoms with van der Waals surface area (Å²) in [5.74, 6) is -1.68. The van der Waals surface area contributed by atoms with Crippen molar-refractivity contribution in [3.63, 3.8) is 0 Å². The zero-order valence-electron chi connectivity index (χ0n) is 17.8. The molecule has 0 aromatic heterocycles. The van der Waals surface area contributed by atoms with Crippen molar-refractivity contribution in [1.29, 1.82) is 0 Å². The maximum Gasteiger partial charge on any atom is 0.408 e. The van der Waals surface area contributed by atoms with Crippen LogP contribution in [0.2, 0.25) is 0 Å². The Morgan fingerprint density at radius 3 is 1.50 bits per heavy atom. The Balaban J connectivity index is 5.17. The Morgan fingerprint density at radius 1 is 0.731 bits per heavy atom. The molecule has 0 radical (unpaired) electrons. The summed E-state index contributed by atoms with van der Waals surface area (Å²) in [6.45, 7) is 17.3. The van der Waals surface area contributed by atoms with Crippen LogP contribution in [0, 0.1) is 5.92 Å². The number of amides is 1. The van der Waals surface area contributed by atoms with Crippen LogP contribution >= 0.6 is 0 Å². The van der Waals surface area contributed by atoms with Crippen molar-refractivity contribution in [2.45, 2.75) is 98.5 Å². The molecule has 26 heavy (non-hydrogen) atoms. The van der Waals surface area contributed by atoms with Crippen molar-refractivity contribution in [3.8, 4) is 0 Å². The van der Waals surface area contributed by atoms with E-state index < -0.39 is 46.8 Å². The van der Waals surface area contributed by atoms with Crippen molar-refractivity contribution in [2.75, 3.05) is 0 Å². The summed E-state index contributed by atoms with van der Waals surface area (Å²) in [5, 5.41) is 2.50. The number of carbonyl (C=O) groups excluding carboxylic acids is 3. The topological polar surface area (TPSA) is 90.9 Å². The third-order valence-electron chi connectivity index (χ3n) is 2.78. The number of esters is 2. The van der Waals surface area contributed by atoms with E-state index in [-0.39, 0.29) is 6.42 Å². The summed E-state index contributed by atoms with van der Waals surface area (Å²) >= 11 is 0. The fourth-order valence-electron chi connectivity index (χ4n) is 1.89. The summed E-state index contributed by atoms with van der Waals surface area (Å²) in [6, 6.07) is -1.02. The van der Waals surface area contributed by atoms with Crippen LogP contribution in [0.4, 0.5) is 4.79 Å². The molecule has 1 N–H and O–H groups in total. The van der Waals surface area contributed by atoms with Gasteiger partial charge in [-0.25, -0.2) is 9.59 Å². The highest BCUT2D eigenvalue weighted by molar-refractivity contribution is 5.83. The molecule has 0 spiro atoms. The third kappa shape index (κ3) is 11.7. The van der Waals surface area contributed by atoms with E-state index in [0.717, 1.165) is 0 Å². The number of ether oxygens (including phenoxy) is 3. The molecule has 0 unspecified atom stereocenters. The molecule has 0 aromatic rings. The average molecular weight is 373 g/mol. The second-order valence-corrected chi connectivity index (χ2v) is 9.40. The molecule has 2 atom stereocenters. The van der Waals surface area contributed by atoms with Gasteiger partial charge in [-0.2, -0.15) is 0 Å². The van der Waals surface area contributed by atoms with E-state index >= 15 is 0 Å². The van der Waals surface area contributed by atoms with E-state index in [1.165, 1.54) is 0 Å². The monoisotopic (exact) mass is 373 g/mol. The van der Waals surface area contributed by atoms with Gasteiger partial charge in [0.25, 0.3) is 0 Å². The molecular weight excluding hydrogens is 338 g/mol. The second-order valence-electron chi connectivity index (χ2n) is 9.40. The van der Waals surface area contributed by atoms with Crippen LogP contribution < -0.4 is 5.32 Å². The molecule has 0 saturated carbocycles. The molecule has 0 saturated heterocycles. The van der Waals surface area contributed by atoms with E-state index in [4.69, 9.17) is 14.2 Å². The predicted molar refractivity (Wildman–Crippen MR) is 98.6 cm³/mol. The smallest absolute Gasteiger partial charge is 0.408 e. The summed E-state index contributed by atoms with van der Waals surface area (Å²) in [4.78, 5) is 36.7. The van der Waals surface area contributed by atoms with Gasteiger partial charge in [-0.1, -0.05) is 6.92 Å². The Kier molecular flexibility index (Phi) is 8.13. The Morgan fingerprint density at radius 2 is 1.12 bits per heavy atom. The van der Waals surface area contributed by atoms with Crippen LogP contribution in [0.1, 0.15) is 75.7 Å². The summed E-state index contributed by atoms with van der Waals surface area (Å²) < 4.78 is 15.9. The minimum Gasteiger partial charge on any atom is -0.460 e. The van der Waals surface area contributed by atoms with Crippen molar-refractivity contribution in [1.82, 2.24) is 5.32 Å². The van der Waals surface area contributed by atoms with Crippen molar-refractivity contribution in [3.05, 3.63) is 0 Å². The Hall–Kier alpha value is -1.79. The highest BCUT2D eigenvalue weighted by Gasteiger charge is 2.33. The first-order chi connectivity index (χ1) is 11.4. The average Bonchev–Trinajstić information content (AvgIpc) is 2.30.